The minimum Gasteiger partial charge on any atom is -0.506 e. The van der Waals surface area contributed by atoms with Crippen molar-refractivity contribution in [3.05, 3.63) is 84.4 Å². The highest BCUT2D eigenvalue weighted by atomic mass is 16.4. The molecule has 0 saturated heterocycles. The molecule has 28 heavy (non-hydrogen) atoms. The molecule has 5 heteroatoms. The molecule has 0 amide bonds. The average Bonchev–Trinajstić information content (AvgIpc) is 2.74. The smallest absolute Gasteiger partial charge is 0.141 e. The number of anilines is 2. The second-order valence-corrected chi connectivity index (χ2v) is 6.49. The van der Waals surface area contributed by atoms with Gasteiger partial charge in [0.2, 0.25) is 0 Å². The summed E-state index contributed by atoms with van der Waals surface area (Å²) in [4.78, 5) is 4.66. The number of para-hydroxylation sites is 1. The zero-order chi connectivity index (χ0) is 19.5. The first-order valence-electron chi connectivity index (χ1n) is 8.90. The molecule has 3 aromatic carbocycles. The zero-order valence-corrected chi connectivity index (χ0v) is 15.3. The summed E-state index contributed by atoms with van der Waals surface area (Å²) in [5.74, 6) is 0.135. The highest BCUT2D eigenvalue weighted by Crippen LogP contribution is 2.34. The zero-order valence-electron chi connectivity index (χ0n) is 15.3. The summed E-state index contributed by atoms with van der Waals surface area (Å²) in [5, 5.41) is 26.9. The maximum Gasteiger partial charge on any atom is 0.141 e. The first-order valence-corrected chi connectivity index (χ1v) is 8.90. The number of oxime groups is 1. The van der Waals surface area contributed by atoms with Crippen molar-refractivity contribution in [2.45, 2.75) is 6.92 Å². The van der Waals surface area contributed by atoms with Crippen LogP contribution in [0, 0.1) is 0 Å². The van der Waals surface area contributed by atoms with Crippen LogP contribution >= 0.6 is 0 Å². The minimum absolute atomic E-state index is 0.135. The van der Waals surface area contributed by atoms with Gasteiger partial charge in [-0.25, -0.2) is 4.98 Å². The Balaban J connectivity index is 1.85. The van der Waals surface area contributed by atoms with Gasteiger partial charge in [-0.3, -0.25) is 0 Å². The van der Waals surface area contributed by atoms with Gasteiger partial charge in [-0.05, 0) is 31.2 Å². The van der Waals surface area contributed by atoms with Gasteiger partial charge in [0.25, 0.3) is 0 Å². The van der Waals surface area contributed by atoms with Gasteiger partial charge >= 0.3 is 0 Å². The monoisotopic (exact) mass is 369 g/mol. The third-order valence-corrected chi connectivity index (χ3v) is 4.60. The van der Waals surface area contributed by atoms with Gasteiger partial charge in [0, 0.05) is 22.2 Å². The number of nitrogens with zero attached hydrogens (tertiary/aromatic N) is 2. The second-order valence-electron chi connectivity index (χ2n) is 6.49. The van der Waals surface area contributed by atoms with Crippen molar-refractivity contribution in [1.82, 2.24) is 4.98 Å². The van der Waals surface area contributed by atoms with Crippen LogP contribution in [0.1, 0.15) is 12.5 Å². The van der Waals surface area contributed by atoms with Gasteiger partial charge in [0.05, 0.1) is 17.1 Å². The number of nitrogens with one attached hydrogen (secondary N) is 1. The van der Waals surface area contributed by atoms with E-state index in [2.05, 4.69) is 15.5 Å². The quantitative estimate of drug-likeness (QED) is 0.250. The third kappa shape index (κ3) is 3.38. The number of pyridine rings is 1. The number of hydrogen-bond donors (Lipinski definition) is 3. The van der Waals surface area contributed by atoms with Crippen LogP contribution in [0.5, 0.6) is 5.75 Å². The molecule has 1 aromatic heterocycles. The molecule has 0 atom stereocenters. The molecule has 0 unspecified atom stereocenters. The largest absolute Gasteiger partial charge is 0.506 e. The molecule has 0 aliphatic rings. The lowest BCUT2D eigenvalue weighted by atomic mass is 10.1. The van der Waals surface area contributed by atoms with Crippen molar-refractivity contribution in [2.24, 2.45) is 5.16 Å². The summed E-state index contributed by atoms with van der Waals surface area (Å²) in [6, 6.07) is 24.8. The van der Waals surface area contributed by atoms with Crippen molar-refractivity contribution in [3.63, 3.8) is 0 Å². The molecule has 4 aromatic rings. The number of phenolic OH excluding ortho intramolecular Hbond substituents is 1. The standard InChI is InChI=1S/C23H19N3O2/c1-15(26-28)17-9-5-10-18(13-17)24-21-14-20(16-7-3-2-4-8-16)25-23-19(21)11-6-12-22(23)27/h2-14,27-28H,1H3,(H,24,25)/b26-15+. The third-order valence-electron chi connectivity index (χ3n) is 4.60. The first-order chi connectivity index (χ1) is 13.7. The number of aromatic nitrogens is 1. The van der Waals surface area contributed by atoms with Crippen LogP contribution in [0.15, 0.2) is 84.0 Å². The van der Waals surface area contributed by atoms with Crippen molar-refractivity contribution in [1.29, 1.82) is 0 Å². The fourth-order valence-electron chi connectivity index (χ4n) is 3.13. The number of benzene rings is 3. The molecule has 4 rings (SSSR count). The molecule has 0 saturated carbocycles. The van der Waals surface area contributed by atoms with Gasteiger partial charge in [-0.15, -0.1) is 0 Å². The topological polar surface area (TPSA) is 77.7 Å². The molecular weight excluding hydrogens is 350 g/mol. The van der Waals surface area contributed by atoms with E-state index in [1.807, 2.05) is 66.7 Å². The van der Waals surface area contributed by atoms with Crippen LogP contribution in [-0.4, -0.2) is 21.0 Å². The SMILES string of the molecule is C/C(=N\O)c1cccc(Nc2cc(-c3ccccc3)nc3c(O)cccc23)c1. The summed E-state index contributed by atoms with van der Waals surface area (Å²) in [6.07, 6.45) is 0. The number of aromatic hydroxyl groups is 1. The molecule has 3 N–H and O–H groups in total. The van der Waals surface area contributed by atoms with Gasteiger partial charge in [-0.1, -0.05) is 59.8 Å². The first kappa shape index (κ1) is 17.5. The molecule has 0 fully saturated rings. The van der Waals surface area contributed by atoms with E-state index in [-0.39, 0.29) is 5.75 Å². The molecular formula is C23H19N3O2. The van der Waals surface area contributed by atoms with Crippen molar-refractivity contribution < 1.29 is 10.3 Å². The van der Waals surface area contributed by atoms with Gasteiger partial charge < -0.3 is 15.6 Å². The Labute approximate surface area is 162 Å². The maximum absolute atomic E-state index is 10.3. The molecule has 0 aliphatic carbocycles. The van der Waals surface area contributed by atoms with Crippen LogP contribution in [0.4, 0.5) is 11.4 Å². The Morgan fingerprint density at radius 1 is 0.929 bits per heavy atom. The molecule has 0 radical (unpaired) electrons. The van der Waals surface area contributed by atoms with E-state index in [9.17, 15) is 5.11 Å². The summed E-state index contributed by atoms with van der Waals surface area (Å²) in [7, 11) is 0. The molecule has 5 nitrogen and oxygen atoms in total. The summed E-state index contributed by atoms with van der Waals surface area (Å²) in [5.41, 5.74) is 5.29. The maximum atomic E-state index is 10.3. The van der Waals surface area contributed by atoms with Crippen LogP contribution in [-0.2, 0) is 0 Å². The highest BCUT2D eigenvalue weighted by molar-refractivity contribution is 6.00. The Morgan fingerprint density at radius 2 is 1.71 bits per heavy atom. The van der Waals surface area contributed by atoms with Crippen molar-refractivity contribution >= 4 is 28.0 Å². The summed E-state index contributed by atoms with van der Waals surface area (Å²) in [6.45, 7) is 1.74. The number of phenols is 1. The second kappa shape index (κ2) is 7.40. The lowest BCUT2D eigenvalue weighted by Gasteiger charge is -2.14. The van der Waals surface area contributed by atoms with E-state index in [1.165, 1.54) is 0 Å². The average molecular weight is 369 g/mol. The van der Waals surface area contributed by atoms with Crippen LogP contribution in [0.25, 0.3) is 22.2 Å². The summed E-state index contributed by atoms with van der Waals surface area (Å²) < 4.78 is 0. The minimum atomic E-state index is 0.135. The number of rotatable bonds is 4. The molecule has 1 heterocycles. The number of hydrogen-bond acceptors (Lipinski definition) is 5. The van der Waals surface area contributed by atoms with E-state index < -0.39 is 0 Å². The summed E-state index contributed by atoms with van der Waals surface area (Å²) >= 11 is 0. The normalized spacial score (nSPS) is 11.5. The highest BCUT2D eigenvalue weighted by Gasteiger charge is 2.11. The van der Waals surface area contributed by atoms with E-state index in [0.29, 0.717) is 11.2 Å². The fourth-order valence-corrected chi connectivity index (χ4v) is 3.13. The van der Waals surface area contributed by atoms with E-state index in [4.69, 9.17) is 5.21 Å². The lowest BCUT2D eigenvalue weighted by molar-refractivity contribution is 0.319. The Bertz CT molecular complexity index is 1170. The Morgan fingerprint density at radius 3 is 2.50 bits per heavy atom. The lowest BCUT2D eigenvalue weighted by Crippen LogP contribution is -1.98. The van der Waals surface area contributed by atoms with Crippen molar-refractivity contribution in [2.75, 3.05) is 5.32 Å². The fraction of sp³-hybridized carbons (Fsp3) is 0.0435. The molecule has 138 valence electrons. The van der Waals surface area contributed by atoms with Crippen LogP contribution in [0.3, 0.4) is 0 Å². The van der Waals surface area contributed by atoms with Crippen molar-refractivity contribution in [3.8, 4) is 17.0 Å². The van der Waals surface area contributed by atoms with Gasteiger partial charge in [0.15, 0.2) is 0 Å². The van der Waals surface area contributed by atoms with Crippen LogP contribution in [0.2, 0.25) is 0 Å². The van der Waals surface area contributed by atoms with Gasteiger partial charge in [-0.2, -0.15) is 0 Å². The van der Waals surface area contributed by atoms with Gasteiger partial charge in [0.1, 0.15) is 11.3 Å². The predicted octanol–water partition coefficient (Wildman–Crippen LogP) is 5.55. The molecule has 0 spiro atoms. The Kier molecular flexibility index (Phi) is 4.64. The van der Waals surface area contributed by atoms with E-state index in [1.54, 1.807) is 19.1 Å². The molecule has 0 aliphatic heterocycles. The predicted molar refractivity (Wildman–Crippen MR) is 113 cm³/mol. The van der Waals surface area contributed by atoms with E-state index in [0.717, 1.165) is 33.6 Å². The van der Waals surface area contributed by atoms with E-state index >= 15 is 0 Å². The Hall–Kier alpha value is -3.86. The molecule has 0 bridgehead atoms. The van der Waals surface area contributed by atoms with Crippen LogP contribution < -0.4 is 5.32 Å². The number of fused-ring (bicyclic) bond motifs is 1.